The average molecular weight is 162 g/mol. The van der Waals surface area contributed by atoms with Gasteiger partial charge in [0.15, 0.2) is 5.78 Å². The zero-order valence-electron chi connectivity index (χ0n) is 7.42. The molecule has 2 rings (SSSR count). The number of hydrogen-bond acceptors (Lipinski definition) is 1. The van der Waals surface area contributed by atoms with E-state index in [0.29, 0.717) is 11.7 Å². The summed E-state index contributed by atoms with van der Waals surface area (Å²) < 4.78 is 0. The van der Waals surface area contributed by atoms with E-state index in [1.165, 1.54) is 0 Å². The van der Waals surface area contributed by atoms with E-state index in [9.17, 15) is 4.79 Å². The van der Waals surface area contributed by atoms with E-state index in [0.717, 1.165) is 19.3 Å². The highest BCUT2D eigenvalue weighted by molar-refractivity contribution is 5.91. The Morgan fingerprint density at radius 3 is 3.17 bits per heavy atom. The number of carbonyl (C=O) groups excluding carboxylic acids is 1. The Morgan fingerprint density at radius 1 is 1.50 bits per heavy atom. The van der Waals surface area contributed by atoms with E-state index in [1.54, 1.807) is 6.08 Å². The minimum atomic E-state index is 0.267. The second-order valence-corrected chi connectivity index (χ2v) is 4.12. The van der Waals surface area contributed by atoms with Crippen molar-refractivity contribution in [3.8, 4) is 0 Å². The van der Waals surface area contributed by atoms with Gasteiger partial charge in [0.05, 0.1) is 0 Å². The lowest BCUT2D eigenvalue weighted by Crippen LogP contribution is -2.31. The molecule has 1 heteroatoms. The van der Waals surface area contributed by atoms with Crippen LogP contribution in [-0.2, 0) is 4.79 Å². The molecule has 0 aromatic carbocycles. The second kappa shape index (κ2) is 2.58. The van der Waals surface area contributed by atoms with Crippen LogP contribution in [-0.4, -0.2) is 5.78 Å². The average Bonchev–Trinajstić information content (AvgIpc) is 2.06. The molecule has 64 valence electrons. The molecule has 2 aliphatic carbocycles. The van der Waals surface area contributed by atoms with Gasteiger partial charge in [0.2, 0.25) is 0 Å². The van der Waals surface area contributed by atoms with E-state index in [-0.39, 0.29) is 5.41 Å². The third kappa shape index (κ3) is 1.13. The van der Waals surface area contributed by atoms with E-state index in [4.69, 9.17) is 0 Å². The van der Waals surface area contributed by atoms with Crippen LogP contribution in [0.2, 0.25) is 0 Å². The van der Waals surface area contributed by atoms with Gasteiger partial charge >= 0.3 is 0 Å². The first-order valence-corrected chi connectivity index (χ1v) is 4.58. The second-order valence-electron chi connectivity index (χ2n) is 4.12. The molecule has 0 N–H and O–H groups in total. The van der Waals surface area contributed by atoms with Gasteiger partial charge < -0.3 is 0 Å². The van der Waals surface area contributed by atoms with Crippen molar-refractivity contribution in [2.45, 2.75) is 26.2 Å². The molecule has 0 amide bonds. The van der Waals surface area contributed by atoms with Crippen molar-refractivity contribution >= 4 is 5.78 Å². The lowest BCUT2D eigenvalue weighted by atomic mass is 9.66. The van der Waals surface area contributed by atoms with Gasteiger partial charge in [-0.05, 0) is 30.3 Å². The summed E-state index contributed by atoms with van der Waals surface area (Å²) in [6.45, 7) is 2.25. The molecule has 0 aromatic rings. The lowest BCUT2D eigenvalue weighted by Gasteiger charge is -2.38. The molecule has 0 saturated heterocycles. The molecule has 0 aliphatic heterocycles. The van der Waals surface area contributed by atoms with Gasteiger partial charge in [-0.15, -0.1) is 0 Å². The maximum atomic E-state index is 11.1. The summed E-state index contributed by atoms with van der Waals surface area (Å²) in [4.78, 5) is 11.1. The highest BCUT2D eigenvalue weighted by atomic mass is 16.1. The number of carbonyl (C=O) groups is 1. The van der Waals surface area contributed by atoms with Crippen molar-refractivity contribution in [2.24, 2.45) is 11.3 Å². The molecule has 0 saturated carbocycles. The molecule has 0 heterocycles. The number of allylic oxidation sites excluding steroid dienone is 4. The minimum absolute atomic E-state index is 0.267. The third-order valence-corrected chi connectivity index (χ3v) is 3.18. The number of ketones is 1. The summed E-state index contributed by atoms with van der Waals surface area (Å²) >= 11 is 0. The van der Waals surface area contributed by atoms with Crippen molar-refractivity contribution in [1.29, 1.82) is 0 Å². The number of fused-ring (bicyclic) bond motifs is 1. The fourth-order valence-electron chi connectivity index (χ4n) is 2.15. The van der Waals surface area contributed by atoms with Crippen LogP contribution in [0, 0.1) is 11.3 Å². The van der Waals surface area contributed by atoms with Crippen LogP contribution in [0.5, 0.6) is 0 Å². The summed E-state index contributed by atoms with van der Waals surface area (Å²) in [6, 6.07) is 0. The number of hydrogen-bond donors (Lipinski definition) is 0. The molecule has 0 spiro atoms. The molecule has 0 radical (unpaired) electrons. The van der Waals surface area contributed by atoms with Crippen molar-refractivity contribution in [3.63, 3.8) is 0 Å². The largest absolute Gasteiger partial charge is 0.295 e. The van der Waals surface area contributed by atoms with Crippen molar-refractivity contribution < 1.29 is 4.79 Å². The van der Waals surface area contributed by atoms with E-state index < -0.39 is 0 Å². The van der Waals surface area contributed by atoms with Crippen molar-refractivity contribution in [2.75, 3.05) is 0 Å². The van der Waals surface area contributed by atoms with Gasteiger partial charge in [-0.1, -0.05) is 25.2 Å². The van der Waals surface area contributed by atoms with Gasteiger partial charge in [-0.25, -0.2) is 0 Å². The van der Waals surface area contributed by atoms with Crippen LogP contribution in [0.15, 0.2) is 24.3 Å². The molecule has 0 bridgehead atoms. The summed E-state index contributed by atoms with van der Waals surface area (Å²) in [6.07, 6.45) is 11.2. The Hall–Kier alpha value is -0.850. The Labute approximate surface area is 73.2 Å². The molecule has 12 heavy (non-hydrogen) atoms. The molecule has 1 unspecified atom stereocenters. The molecule has 2 atom stereocenters. The van der Waals surface area contributed by atoms with Crippen molar-refractivity contribution in [3.05, 3.63) is 24.3 Å². The topological polar surface area (TPSA) is 17.1 Å². The third-order valence-electron chi connectivity index (χ3n) is 3.18. The van der Waals surface area contributed by atoms with Gasteiger partial charge in [-0.3, -0.25) is 4.79 Å². The normalized spacial score (nSPS) is 39.8. The maximum absolute atomic E-state index is 11.1. The smallest absolute Gasteiger partial charge is 0.155 e. The molecule has 0 aromatic heterocycles. The Morgan fingerprint density at radius 2 is 2.33 bits per heavy atom. The van der Waals surface area contributed by atoms with Crippen molar-refractivity contribution in [1.82, 2.24) is 0 Å². The van der Waals surface area contributed by atoms with Crippen LogP contribution in [0.3, 0.4) is 0 Å². The maximum Gasteiger partial charge on any atom is 0.155 e. The SMILES string of the molecule is C[C@]12C=CC(=O)CC1CC=CC2. The Bertz CT molecular complexity index is 262. The van der Waals surface area contributed by atoms with Crippen LogP contribution in [0.4, 0.5) is 0 Å². The molecular formula is C11H14O. The first kappa shape index (κ1) is 7.78. The standard InChI is InChI=1S/C11H14O/c1-11-6-3-2-4-9(11)8-10(12)5-7-11/h2-3,5,7,9H,4,6,8H2,1H3/t9?,11-/m0/s1. The molecule has 1 nitrogen and oxygen atoms in total. The van der Waals surface area contributed by atoms with Crippen LogP contribution in [0.25, 0.3) is 0 Å². The molecule has 0 fully saturated rings. The van der Waals surface area contributed by atoms with E-state index in [1.807, 2.05) is 0 Å². The van der Waals surface area contributed by atoms with Gasteiger partial charge in [0.1, 0.15) is 0 Å². The van der Waals surface area contributed by atoms with Crippen LogP contribution >= 0.6 is 0 Å². The van der Waals surface area contributed by atoms with Crippen LogP contribution < -0.4 is 0 Å². The van der Waals surface area contributed by atoms with E-state index >= 15 is 0 Å². The Kier molecular flexibility index (Phi) is 1.67. The minimum Gasteiger partial charge on any atom is -0.295 e. The molecular weight excluding hydrogens is 148 g/mol. The van der Waals surface area contributed by atoms with Crippen LogP contribution in [0.1, 0.15) is 26.2 Å². The zero-order chi connectivity index (χ0) is 8.60. The first-order valence-electron chi connectivity index (χ1n) is 4.58. The van der Waals surface area contributed by atoms with E-state index in [2.05, 4.69) is 25.2 Å². The highest BCUT2D eigenvalue weighted by Gasteiger charge is 2.35. The summed E-state index contributed by atoms with van der Waals surface area (Å²) in [7, 11) is 0. The predicted octanol–water partition coefficient (Wildman–Crippen LogP) is 2.49. The van der Waals surface area contributed by atoms with Gasteiger partial charge in [-0.2, -0.15) is 0 Å². The Balaban J connectivity index is 2.30. The fraction of sp³-hybridized carbons (Fsp3) is 0.545. The lowest BCUT2D eigenvalue weighted by molar-refractivity contribution is -0.117. The summed E-state index contributed by atoms with van der Waals surface area (Å²) in [5.74, 6) is 0.854. The fourth-order valence-corrected chi connectivity index (χ4v) is 2.15. The van der Waals surface area contributed by atoms with Gasteiger partial charge in [0.25, 0.3) is 0 Å². The summed E-state index contributed by atoms with van der Waals surface area (Å²) in [5, 5.41) is 0. The van der Waals surface area contributed by atoms with Gasteiger partial charge in [0, 0.05) is 6.42 Å². The summed E-state index contributed by atoms with van der Waals surface area (Å²) in [5.41, 5.74) is 0.267. The monoisotopic (exact) mass is 162 g/mol. The quantitative estimate of drug-likeness (QED) is 0.500. The zero-order valence-corrected chi connectivity index (χ0v) is 7.42. The number of rotatable bonds is 0. The predicted molar refractivity (Wildman–Crippen MR) is 48.7 cm³/mol. The first-order chi connectivity index (χ1) is 5.71. The highest BCUT2D eigenvalue weighted by Crippen LogP contribution is 2.43. The molecule has 2 aliphatic rings.